The number of fused-ring (bicyclic) bond motifs is 1. The normalized spacial score (nSPS) is 20.2. The Labute approximate surface area is 121 Å². The lowest BCUT2D eigenvalue weighted by atomic mass is 9.93. The molecule has 0 radical (unpaired) electrons. The second kappa shape index (κ2) is 4.81. The van der Waals surface area contributed by atoms with Gasteiger partial charge in [0, 0.05) is 0 Å². The maximum absolute atomic E-state index is 13.8. The van der Waals surface area contributed by atoms with Gasteiger partial charge >= 0.3 is 0 Å². The third-order valence-electron chi connectivity index (χ3n) is 3.74. The molecule has 1 aliphatic rings. The molecule has 20 heavy (non-hydrogen) atoms. The van der Waals surface area contributed by atoms with Gasteiger partial charge in [0.05, 0.1) is 16.8 Å². The minimum atomic E-state index is -0.914. The Hall–Kier alpha value is -2.05. The van der Waals surface area contributed by atoms with E-state index in [1.165, 1.54) is 6.07 Å². The third-order valence-corrected chi connectivity index (χ3v) is 4.07. The molecule has 3 rings (SSSR count). The van der Waals surface area contributed by atoms with Crippen molar-refractivity contribution in [3.63, 3.8) is 0 Å². The lowest BCUT2D eigenvalue weighted by Crippen LogP contribution is -2.31. The van der Waals surface area contributed by atoms with Gasteiger partial charge < -0.3 is 5.32 Å². The maximum atomic E-state index is 13.8. The Morgan fingerprint density at radius 1 is 1.20 bits per heavy atom. The van der Waals surface area contributed by atoms with E-state index < -0.39 is 5.54 Å². The molecule has 0 bridgehead atoms. The highest BCUT2D eigenvalue weighted by Crippen LogP contribution is 2.41. The standard InChI is InChI=1S/C16H12ClFN2/c17-13-5-1-2-7-15(13)20-16(10-19)9-8-11-12(16)4-3-6-14(11)18/h1-7,20H,8-9H2. The van der Waals surface area contributed by atoms with Gasteiger partial charge in [-0.25, -0.2) is 4.39 Å². The highest BCUT2D eigenvalue weighted by Gasteiger charge is 2.40. The van der Waals surface area contributed by atoms with Crippen LogP contribution in [0.25, 0.3) is 0 Å². The zero-order valence-electron chi connectivity index (χ0n) is 10.7. The molecule has 0 aliphatic heterocycles. The van der Waals surface area contributed by atoms with Gasteiger partial charge in [0.1, 0.15) is 5.82 Å². The SMILES string of the molecule is N#CC1(Nc2ccccc2Cl)CCc2c(F)cccc21. The molecule has 0 saturated heterocycles. The van der Waals surface area contributed by atoms with Crippen molar-refractivity contribution in [3.05, 3.63) is 64.4 Å². The molecule has 100 valence electrons. The molecule has 2 aromatic carbocycles. The first-order chi connectivity index (χ1) is 9.66. The Kier molecular flexibility index (Phi) is 3.11. The van der Waals surface area contributed by atoms with Crippen LogP contribution in [0.3, 0.4) is 0 Å². The van der Waals surface area contributed by atoms with Gasteiger partial charge in [-0.1, -0.05) is 35.9 Å². The Morgan fingerprint density at radius 3 is 2.75 bits per heavy atom. The van der Waals surface area contributed by atoms with Crippen LogP contribution in [0.4, 0.5) is 10.1 Å². The molecule has 0 fully saturated rings. The van der Waals surface area contributed by atoms with Crippen LogP contribution < -0.4 is 5.32 Å². The maximum Gasteiger partial charge on any atom is 0.151 e. The summed E-state index contributed by atoms with van der Waals surface area (Å²) < 4.78 is 13.8. The van der Waals surface area contributed by atoms with Crippen molar-refractivity contribution in [2.45, 2.75) is 18.4 Å². The summed E-state index contributed by atoms with van der Waals surface area (Å²) in [6.07, 6.45) is 1.08. The molecular formula is C16H12ClFN2. The molecule has 2 nitrogen and oxygen atoms in total. The lowest BCUT2D eigenvalue weighted by Gasteiger charge is -2.25. The first-order valence-corrected chi connectivity index (χ1v) is 6.76. The topological polar surface area (TPSA) is 35.8 Å². The zero-order valence-corrected chi connectivity index (χ0v) is 11.4. The second-order valence-electron chi connectivity index (χ2n) is 4.89. The number of para-hydroxylation sites is 1. The summed E-state index contributed by atoms with van der Waals surface area (Å²) in [4.78, 5) is 0. The smallest absolute Gasteiger partial charge is 0.151 e. The summed E-state index contributed by atoms with van der Waals surface area (Å²) in [6.45, 7) is 0. The lowest BCUT2D eigenvalue weighted by molar-refractivity contribution is 0.609. The molecule has 0 aromatic heterocycles. The van der Waals surface area contributed by atoms with E-state index in [1.807, 2.05) is 18.2 Å². The van der Waals surface area contributed by atoms with Crippen LogP contribution in [-0.2, 0) is 12.0 Å². The molecule has 0 amide bonds. The predicted octanol–water partition coefficient (Wildman–Crippen LogP) is 4.26. The number of nitrogens with one attached hydrogen (secondary N) is 1. The van der Waals surface area contributed by atoms with Crippen LogP contribution in [-0.4, -0.2) is 0 Å². The van der Waals surface area contributed by atoms with Crippen molar-refractivity contribution in [1.29, 1.82) is 5.26 Å². The van der Waals surface area contributed by atoms with Gasteiger partial charge in [0.2, 0.25) is 0 Å². The molecule has 0 spiro atoms. The summed E-state index contributed by atoms with van der Waals surface area (Å²) >= 11 is 6.13. The third kappa shape index (κ3) is 1.93. The first-order valence-electron chi connectivity index (χ1n) is 6.38. The molecule has 1 aliphatic carbocycles. The second-order valence-corrected chi connectivity index (χ2v) is 5.30. The number of nitriles is 1. The number of hydrogen-bond donors (Lipinski definition) is 1. The van der Waals surface area contributed by atoms with E-state index in [4.69, 9.17) is 11.6 Å². The number of benzene rings is 2. The largest absolute Gasteiger partial charge is 0.362 e. The van der Waals surface area contributed by atoms with E-state index in [-0.39, 0.29) is 5.82 Å². The number of hydrogen-bond acceptors (Lipinski definition) is 2. The number of halogens is 2. The Balaban J connectivity index is 2.07. The van der Waals surface area contributed by atoms with Gasteiger partial charge in [-0.15, -0.1) is 0 Å². The van der Waals surface area contributed by atoms with E-state index >= 15 is 0 Å². The predicted molar refractivity (Wildman–Crippen MR) is 77.1 cm³/mol. The quantitative estimate of drug-likeness (QED) is 0.895. The van der Waals surface area contributed by atoms with E-state index in [1.54, 1.807) is 18.2 Å². The fourth-order valence-electron chi connectivity index (χ4n) is 2.73. The molecule has 4 heteroatoms. The van der Waals surface area contributed by atoms with Crippen LogP contribution in [0.5, 0.6) is 0 Å². The summed E-state index contributed by atoms with van der Waals surface area (Å²) in [5, 5.41) is 13.4. The van der Waals surface area contributed by atoms with Crippen LogP contribution in [0.2, 0.25) is 5.02 Å². The average molecular weight is 287 g/mol. The fourth-order valence-corrected chi connectivity index (χ4v) is 2.91. The molecule has 1 N–H and O–H groups in total. The Bertz CT molecular complexity index is 708. The molecule has 1 atom stereocenters. The fraction of sp³-hybridized carbons (Fsp3) is 0.188. The molecular weight excluding hydrogens is 275 g/mol. The van der Waals surface area contributed by atoms with Crippen LogP contribution in [0.1, 0.15) is 17.5 Å². The number of anilines is 1. The summed E-state index contributed by atoms with van der Waals surface area (Å²) in [6, 6.07) is 14.4. The molecule has 1 unspecified atom stereocenters. The summed E-state index contributed by atoms with van der Waals surface area (Å²) in [5.74, 6) is -0.249. The van der Waals surface area contributed by atoms with E-state index in [0.29, 0.717) is 34.7 Å². The number of rotatable bonds is 2. The van der Waals surface area contributed by atoms with Gasteiger partial charge in [0.25, 0.3) is 0 Å². The van der Waals surface area contributed by atoms with E-state index in [9.17, 15) is 9.65 Å². The van der Waals surface area contributed by atoms with Gasteiger partial charge in [-0.2, -0.15) is 5.26 Å². The zero-order chi connectivity index (χ0) is 14.2. The minimum absolute atomic E-state index is 0.249. The van der Waals surface area contributed by atoms with Crippen molar-refractivity contribution in [2.24, 2.45) is 0 Å². The van der Waals surface area contributed by atoms with Crippen molar-refractivity contribution in [1.82, 2.24) is 0 Å². The summed E-state index contributed by atoms with van der Waals surface area (Å²) in [5.41, 5.74) is 1.10. The van der Waals surface area contributed by atoms with Crippen molar-refractivity contribution in [2.75, 3.05) is 5.32 Å². The van der Waals surface area contributed by atoms with Crippen molar-refractivity contribution < 1.29 is 4.39 Å². The van der Waals surface area contributed by atoms with Crippen LogP contribution in [0, 0.1) is 17.1 Å². The first kappa shape index (κ1) is 13.0. The van der Waals surface area contributed by atoms with Gasteiger partial charge in [0.15, 0.2) is 5.54 Å². The van der Waals surface area contributed by atoms with Crippen LogP contribution in [0.15, 0.2) is 42.5 Å². The molecule has 0 heterocycles. The molecule has 0 saturated carbocycles. The van der Waals surface area contributed by atoms with Crippen molar-refractivity contribution in [3.8, 4) is 6.07 Å². The Morgan fingerprint density at radius 2 is 2.00 bits per heavy atom. The molecule has 2 aromatic rings. The highest BCUT2D eigenvalue weighted by molar-refractivity contribution is 6.33. The number of nitrogens with zero attached hydrogens (tertiary/aromatic N) is 1. The van der Waals surface area contributed by atoms with E-state index in [0.717, 1.165) is 0 Å². The average Bonchev–Trinajstić information content (AvgIpc) is 2.83. The van der Waals surface area contributed by atoms with Crippen molar-refractivity contribution >= 4 is 17.3 Å². The van der Waals surface area contributed by atoms with Crippen LogP contribution >= 0.6 is 11.6 Å². The van der Waals surface area contributed by atoms with E-state index in [2.05, 4.69) is 11.4 Å². The minimum Gasteiger partial charge on any atom is -0.362 e. The van der Waals surface area contributed by atoms with Gasteiger partial charge in [-0.05, 0) is 42.2 Å². The van der Waals surface area contributed by atoms with Gasteiger partial charge in [-0.3, -0.25) is 0 Å². The summed E-state index contributed by atoms with van der Waals surface area (Å²) in [7, 11) is 0. The highest BCUT2D eigenvalue weighted by atomic mass is 35.5. The monoisotopic (exact) mass is 286 g/mol.